The number of aromatic nitrogens is 1. The Morgan fingerprint density at radius 3 is 2.61 bits per heavy atom. The van der Waals surface area contributed by atoms with Crippen LogP contribution in [0.1, 0.15) is 49.9 Å². The van der Waals surface area contributed by atoms with E-state index in [0.717, 1.165) is 24.2 Å². The Hall–Kier alpha value is -0.930. The predicted molar refractivity (Wildman–Crippen MR) is 73.3 cm³/mol. The maximum absolute atomic E-state index is 6.41. The minimum Gasteiger partial charge on any atom is -0.373 e. The topological polar surface area (TPSA) is 48.1 Å². The van der Waals surface area contributed by atoms with E-state index in [4.69, 9.17) is 10.5 Å². The average molecular weight is 248 g/mol. The van der Waals surface area contributed by atoms with Crippen molar-refractivity contribution in [3.05, 3.63) is 29.6 Å². The summed E-state index contributed by atoms with van der Waals surface area (Å²) < 4.78 is 5.79. The molecule has 1 aromatic rings. The van der Waals surface area contributed by atoms with E-state index in [9.17, 15) is 0 Å². The quantitative estimate of drug-likeness (QED) is 0.833. The van der Waals surface area contributed by atoms with Gasteiger partial charge in [-0.2, -0.15) is 0 Å². The van der Waals surface area contributed by atoms with Crippen LogP contribution in [0, 0.1) is 6.92 Å². The fourth-order valence-corrected chi connectivity index (χ4v) is 2.62. The van der Waals surface area contributed by atoms with Gasteiger partial charge in [-0.05, 0) is 31.9 Å². The molecule has 0 spiro atoms. The predicted octanol–water partition coefficient (Wildman–Crippen LogP) is 2.96. The minimum absolute atomic E-state index is 0.111. The number of ether oxygens (including phenoxy) is 1. The summed E-state index contributed by atoms with van der Waals surface area (Å²) in [5.74, 6) is 0. The standard InChI is InChI=1S/C15H24N2O/c1-13-7-6-8-14(17-13)11-18-12-15(16)9-4-2-3-5-10-15/h6-8H,2-5,9-12,16H2,1H3. The van der Waals surface area contributed by atoms with Crippen molar-refractivity contribution in [2.24, 2.45) is 5.73 Å². The summed E-state index contributed by atoms with van der Waals surface area (Å²) in [6.45, 7) is 3.22. The lowest BCUT2D eigenvalue weighted by molar-refractivity contribution is 0.0648. The first kappa shape index (κ1) is 13.5. The SMILES string of the molecule is Cc1cccc(COCC2(N)CCCCCC2)n1. The zero-order chi connectivity index (χ0) is 12.8. The molecule has 1 heterocycles. The Morgan fingerprint density at radius 2 is 1.94 bits per heavy atom. The summed E-state index contributed by atoms with van der Waals surface area (Å²) in [5, 5.41) is 0. The van der Waals surface area contributed by atoms with E-state index in [-0.39, 0.29) is 5.54 Å². The summed E-state index contributed by atoms with van der Waals surface area (Å²) in [5.41, 5.74) is 8.32. The van der Waals surface area contributed by atoms with Gasteiger partial charge in [0.1, 0.15) is 0 Å². The number of hydrogen-bond donors (Lipinski definition) is 1. The van der Waals surface area contributed by atoms with Gasteiger partial charge in [0.25, 0.3) is 0 Å². The van der Waals surface area contributed by atoms with Crippen molar-refractivity contribution in [1.82, 2.24) is 4.98 Å². The van der Waals surface area contributed by atoms with Gasteiger partial charge >= 0.3 is 0 Å². The van der Waals surface area contributed by atoms with Gasteiger partial charge in [0, 0.05) is 11.2 Å². The van der Waals surface area contributed by atoms with Gasteiger partial charge in [-0.25, -0.2) is 0 Å². The Balaban J connectivity index is 1.80. The van der Waals surface area contributed by atoms with Crippen LogP contribution in [0.15, 0.2) is 18.2 Å². The van der Waals surface area contributed by atoms with Gasteiger partial charge in [0.15, 0.2) is 0 Å². The molecule has 0 atom stereocenters. The van der Waals surface area contributed by atoms with E-state index in [2.05, 4.69) is 4.98 Å². The van der Waals surface area contributed by atoms with E-state index in [1.54, 1.807) is 0 Å². The molecule has 0 bridgehead atoms. The molecule has 2 rings (SSSR count). The van der Waals surface area contributed by atoms with E-state index in [1.807, 2.05) is 25.1 Å². The molecule has 0 amide bonds. The first-order valence-corrected chi connectivity index (χ1v) is 6.97. The van der Waals surface area contributed by atoms with Crippen molar-refractivity contribution in [2.75, 3.05) is 6.61 Å². The second-order valence-electron chi connectivity index (χ2n) is 5.54. The van der Waals surface area contributed by atoms with E-state index < -0.39 is 0 Å². The fourth-order valence-electron chi connectivity index (χ4n) is 2.62. The molecule has 1 fully saturated rings. The zero-order valence-corrected chi connectivity index (χ0v) is 11.3. The highest BCUT2D eigenvalue weighted by Gasteiger charge is 2.26. The van der Waals surface area contributed by atoms with Crippen molar-refractivity contribution >= 4 is 0 Å². The molecule has 3 heteroatoms. The lowest BCUT2D eigenvalue weighted by Crippen LogP contribution is -2.43. The van der Waals surface area contributed by atoms with E-state index in [0.29, 0.717) is 13.2 Å². The average Bonchev–Trinajstić information content (AvgIpc) is 2.55. The summed E-state index contributed by atoms with van der Waals surface area (Å²) in [4.78, 5) is 4.43. The molecule has 1 aromatic heterocycles. The summed E-state index contributed by atoms with van der Waals surface area (Å²) in [6, 6.07) is 6.02. The Labute approximate surface area is 110 Å². The van der Waals surface area contributed by atoms with Crippen LogP contribution in [-0.2, 0) is 11.3 Å². The highest BCUT2D eigenvalue weighted by Crippen LogP contribution is 2.25. The van der Waals surface area contributed by atoms with Crippen molar-refractivity contribution in [3.63, 3.8) is 0 Å². The van der Waals surface area contributed by atoms with Crippen LogP contribution >= 0.6 is 0 Å². The molecule has 1 saturated carbocycles. The summed E-state index contributed by atoms with van der Waals surface area (Å²) >= 11 is 0. The Morgan fingerprint density at radius 1 is 1.22 bits per heavy atom. The van der Waals surface area contributed by atoms with Crippen LogP contribution in [0.4, 0.5) is 0 Å². The highest BCUT2D eigenvalue weighted by molar-refractivity contribution is 5.09. The molecule has 0 unspecified atom stereocenters. The largest absolute Gasteiger partial charge is 0.373 e. The van der Waals surface area contributed by atoms with Crippen molar-refractivity contribution in [1.29, 1.82) is 0 Å². The normalized spacial score (nSPS) is 19.4. The number of hydrogen-bond acceptors (Lipinski definition) is 3. The van der Waals surface area contributed by atoms with Crippen LogP contribution in [0.3, 0.4) is 0 Å². The van der Waals surface area contributed by atoms with Crippen molar-refractivity contribution in [3.8, 4) is 0 Å². The highest BCUT2D eigenvalue weighted by atomic mass is 16.5. The minimum atomic E-state index is -0.111. The monoisotopic (exact) mass is 248 g/mol. The molecule has 0 saturated heterocycles. The molecule has 2 N–H and O–H groups in total. The third-order valence-electron chi connectivity index (χ3n) is 3.68. The van der Waals surface area contributed by atoms with Crippen LogP contribution in [-0.4, -0.2) is 17.1 Å². The van der Waals surface area contributed by atoms with Crippen LogP contribution in [0.5, 0.6) is 0 Å². The van der Waals surface area contributed by atoms with Gasteiger partial charge in [0.05, 0.1) is 18.9 Å². The molecule has 1 aliphatic carbocycles. The second kappa shape index (κ2) is 6.30. The van der Waals surface area contributed by atoms with E-state index >= 15 is 0 Å². The summed E-state index contributed by atoms with van der Waals surface area (Å²) in [7, 11) is 0. The second-order valence-corrected chi connectivity index (χ2v) is 5.54. The number of nitrogens with zero attached hydrogens (tertiary/aromatic N) is 1. The number of aryl methyl sites for hydroxylation is 1. The Kier molecular flexibility index (Phi) is 4.72. The lowest BCUT2D eigenvalue weighted by atomic mass is 9.93. The van der Waals surface area contributed by atoms with Gasteiger partial charge < -0.3 is 10.5 Å². The Bertz CT molecular complexity index is 371. The molecule has 0 aromatic carbocycles. The van der Waals surface area contributed by atoms with Crippen LogP contribution < -0.4 is 5.73 Å². The molecular formula is C15H24N2O. The number of pyridine rings is 1. The van der Waals surface area contributed by atoms with Crippen molar-refractivity contribution < 1.29 is 4.74 Å². The maximum Gasteiger partial charge on any atom is 0.0888 e. The third-order valence-corrected chi connectivity index (χ3v) is 3.68. The smallest absolute Gasteiger partial charge is 0.0888 e. The van der Waals surface area contributed by atoms with E-state index in [1.165, 1.54) is 25.7 Å². The van der Waals surface area contributed by atoms with Gasteiger partial charge in [0.2, 0.25) is 0 Å². The fraction of sp³-hybridized carbons (Fsp3) is 0.667. The molecule has 18 heavy (non-hydrogen) atoms. The van der Waals surface area contributed by atoms with Gasteiger partial charge in [-0.1, -0.05) is 31.7 Å². The van der Waals surface area contributed by atoms with Crippen LogP contribution in [0.25, 0.3) is 0 Å². The molecular weight excluding hydrogens is 224 g/mol. The van der Waals surface area contributed by atoms with Gasteiger partial charge in [-0.3, -0.25) is 4.98 Å². The molecule has 0 aliphatic heterocycles. The van der Waals surface area contributed by atoms with Crippen molar-refractivity contribution in [2.45, 2.75) is 57.6 Å². The van der Waals surface area contributed by atoms with Gasteiger partial charge in [-0.15, -0.1) is 0 Å². The number of nitrogens with two attached hydrogens (primary N) is 1. The van der Waals surface area contributed by atoms with Crippen LogP contribution in [0.2, 0.25) is 0 Å². The molecule has 3 nitrogen and oxygen atoms in total. The molecule has 100 valence electrons. The zero-order valence-electron chi connectivity index (χ0n) is 11.3. The summed E-state index contributed by atoms with van der Waals surface area (Å²) in [6.07, 6.45) is 7.30. The molecule has 0 radical (unpaired) electrons. The first-order valence-electron chi connectivity index (χ1n) is 6.97. The third kappa shape index (κ3) is 4.07. The molecule has 1 aliphatic rings. The number of rotatable bonds is 4. The first-order chi connectivity index (χ1) is 8.68. The maximum atomic E-state index is 6.41. The lowest BCUT2D eigenvalue weighted by Gasteiger charge is -2.27.